The molecule has 0 radical (unpaired) electrons. The van der Waals surface area contributed by atoms with Crippen LogP contribution < -0.4 is 5.32 Å². The van der Waals surface area contributed by atoms with Gasteiger partial charge in [0.25, 0.3) is 0 Å². The average Bonchev–Trinajstić information content (AvgIpc) is 3.00. The third-order valence-corrected chi connectivity index (χ3v) is 4.07. The molecule has 0 fully saturated rings. The topological polar surface area (TPSA) is 37.8 Å². The van der Waals surface area contributed by atoms with E-state index < -0.39 is 0 Å². The van der Waals surface area contributed by atoms with Gasteiger partial charge in [-0.05, 0) is 54.7 Å². The molecule has 1 aliphatic carbocycles. The molecule has 0 amide bonds. The lowest BCUT2D eigenvalue weighted by molar-refractivity contribution is 0.911. The number of hydrogen-bond donors (Lipinski definition) is 1. The van der Waals surface area contributed by atoms with Crippen LogP contribution in [-0.2, 0) is 19.4 Å². The predicted octanol–water partition coefficient (Wildman–Crippen LogP) is 3.73. The van der Waals surface area contributed by atoms with Gasteiger partial charge < -0.3 is 5.32 Å². The maximum Gasteiger partial charge on any atom is 0.0890 e. The smallest absolute Gasteiger partial charge is 0.0890 e. The quantitative estimate of drug-likeness (QED) is 0.791. The Morgan fingerprint density at radius 2 is 1.81 bits per heavy atom. The van der Waals surface area contributed by atoms with Gasteiger partial charge >= 0.3 is 0 Å². The van der Waals surface area contributed by atoms with Gasteiger partial charge in [0.2, 0.25) is 0 Å². The van der Waals surface area contributed by atoms with Gasteiger partial charge in [-0.15, -0.1) is 0 Å². The standard InChI is InChI=1S/C18H17N3/c1-2-7-18-17(6-1)20-12-16(21-18)11-19-15-9-8-13-4-3-5-14(13)10-15/h1-2,6-10,12,19H,3-5,11H2. The third kappa shape index (κ3) is 2.47. The summed E-state index contributed by atoms with van der Waals surface area (Å²) in [5.41, 5.74) is 7.03. The Labute approximate surface area is 124 Å². The summed E-state index contributed by atoms with van der Waals surface area (Å²) in [7, 11) is 0. The third-order valence-electron chi connectivity index (χ3n) is 4.07. The van der Waals surface area contributed by atoms with E-state index in [0.29, 0.717) is 6.54 Å². The number of fused-ring (bicyclic) bond motifs is 2. The van der Waals surface area contributed by atoms with E-state index in [1.807, 2.05) is 30.5 Å². The average molecular weight is 275 g/mol. The highest BCUT2D eigenvalue weighted by molar-refractivity contribution is 5.73. The van der Waals surface area contributed by atoms with Crippen molar-refractivity contribution in [2.75, 3.05) is 5.32 Å². The molecule has 0 atom stereocenters. The molecule has 1 aliphatic rings. The minimum Gasteiger partial charge on any atom is -0.379 e. The van der Waals surface area contributed by atoms with Crippen molar-refractivity contribution in [3.63, 3.8) is 0 Å². The summed E-state index contributed by atoms with van der Waals surface area (Å²) in [6, 6.07) is 14.7. The Morgan fingerprint density at radius 3 is 2.76 bits per heavy atom. The fourth-order valence-corrected chi connectivity index (χ4v) is 2.96. The molecule has 1 aromatic heterocycles. The zero-order valence-electron chi connectivity index (χ0n) is 11.8. The molecule has 1 heterocycles. The second kappa shape index (κ2) is 5.17. The lowest BCUT2D eigenvalue weighted by Crippen LogP contribution is -2.03. The highest BCUT2D eigenvalue weighted by atomic mass is 14.9. The number of aryl methyl sites for hydroxylation is 2. The highest BCUT2D eigenvalue weighted by Crippen LogP contribution is 2.25. The van der Waals surface area contributed by atoms with Crippen LogP contribution in [0.15, 0.2) is 48.7 Å². The van der Waals surface area contributed by atoms with Gasteiger partial charge in [0.1, 0.15) is 0 Å². The van der Waals surface area contributed by atoms with Crippen molar-refractivity contribution in [2.45, 2.75) is 25.8 Å². The molecular formula is C18H17N3. The SMILES string of the molecule is c1ccc2nc(CNc3ccc4c(c3)CCC4)cnc2c1. The molecule has 3 aromatic rings. The van der Waals surface area contributed by atoms with E-state index in [0.717, 1.165) is 16.7 Å². The number of nitrogens with zero attached hydrogens (tertiary/aromatic N) is 2. The molecule has 0 bridgehead atoms. The Morgan fingerprint density at radius 1 is 0.952 bits per heavy atom. The molecule has 1 N–H and O–H groups in total. The zero-order chi connectivity index (χ0) is 14.1. The second-order valence-electron chi connectivity index (χ2n) is 5.54. The maximum absolute atomic E-state index is 4.64. The van der Waals surface area contributed by atoms with Gasteiger partial charge in [-0.1, -0.05) is 18.2 Å². The van der Waals surface area contributed by atoms with Crippen LogP contribution in [0.1, 0.15) is 23.2 Å². The van der Waals surface area contributed by atoms with Crippen molar-refractivity contribution in [1.82, 2.24) is 9.97 Å². The molecule has 0 saturated carbocycles. The summed E-state index contributed by atoms with van der Waals surface area (Å²) in [5.74, 6) is 0. The second-order valence-corrected chi connectivity index (χ2v) is 5.54. The monoisotopic (exact) mass is 275 g/mol. The van der Waals surface area contributed by atoms with Gasteiger partial charge in [0.15, 0.2) is 0 Å². The van der Waals surface area contributed by atoms with Crippen molar-refractivity contribution in [3.05, 3.63) is 65.5 Å². The lowest BCUT2D eigenvalue weighted by Gasteiger charge is -2.08. The normalized spacial score (nSPS) is 13.3. The largest absolute Gasteiger partial charge is 0.379 e. The molecule has 0 spiro atoms. The van der Waals surface area contributed by atoms with Crippen LogP contribution in [-0.4, -0.2) is 9.97 Å². The summed E-state index contributed by atoms with van der Waals surface area (Å²) in [5, 5.41) is 3.45. The molecule has 0 unspecified atom stereocenters. The molecule has 21 heavy (non-hydrogen) atoms. The number of nitrogens with one attached hydrogen (secondary N) is 1. The van der Waals surface area contributed by atoms with Gasteiger partial charge in [-0.3, -0.25) is 4.98 Å². The molecule has 104 valence electrons. The lowest BCUT2D eigenvalue weighted by atomic mass is 10.1. The summed E-state index contributed by atoms with van der Waals surface area (Å²) in [6.07, 6.45) is 5.57. The van der Waals surface area contributed by atoms with E-state index in [-0.39, 0.29) is 0 Å². The minimum absolute atomic E-state index is 0.705. The Balaban J connectivity index is 1.52. The summed E-state index contributed by atoms with van der Waals surface area (Å²) in [6.45, 7) is 0.705. The van der Waals surface area contributed by atoms with Crippen LogP contribution in [0, 0.1) is 0 Å². The molecule has 4 rings (SSSR count). The Bertz CT molecular complexity index is 795. The van der Waals surface area contributed by atoms with Gasteiger partial charge in [-0.2, -0.15) is 0 Å². The van der Waals surface area contributed by atoms with Crippen LogP contribution in [0.2, 0.25) is 0 Å². The van der Waals surface area contributed by atoms with Crippen LogP contribution >= 0.6 is 0 Å². The maximum atomic E-state index is 4.64. The molecule has 0 saturated heterocycles. The first-order valence-corrected chi connectivity index (χ1v) is 7.45. The van der Waals surface area contributed by atoms with Crippen LogP contribution in [0.3, 0.4) is 0 Å². The number of hydrogen-bond acceptors (Lipinski definition) is 3. The Hall–Kier alpha value is -2.42. The van der Waals surface area contributed by atoms with Crippen molar-refractivity contribution in [2.24, 2.45) is 0 Å². The number of rotatable bonds is 3. The van der Waals surface area contributed by atoms with E-state index in [1.54, 1.807) is 0 Å². The number of benzene rings is 2. The van der Waals surface area contributed by atoms with Crippen molar-refractivity contribution < 1.29 is 0 Å². The van der Waals surface area contributed by atoms with Crippen molar-refractivity contribution in [1.29, 1.82) is 0 Å². The highest BCUT2D eigenvalue weighted by Gasteiger charge is 2.10. The van der Waals surface area contributed by atoms with E-state index in [1.165, 1.54) is 36.1 Å². The molecule has 2 aromatic carbocycles. The summed E-state index contributed by atoms with van der Waals surface area (Å²) in [4.78, 5) is 9.09. The molecule has 3 nitrogen and oxygen atoms in total. The first-order valence-electron chi connectivity index (χ1n) is 7.45. The minimum atomic E-state index is 0.705. The Kier molecular flexibility index (Phi) is 3.03. The number of aromatic nitrogens is 2. The van der Waals surface area contributed by atoms with Crippen molar-refractivity contribution in [3.8, 4) is 0 Å². The first kappa shape index (κ1) is 12.3. The van der Waals surface area contributed by atoms with E-state index in [2.05, 4.69) is 33.5 Å². The molecule has 0 aliphatic heterocycles. The van der Waals surface area contributed by atoms with Gasteiger partial charge in [0.05, 0.1) is 29.5 Å². The van der Waals surface area contributed by atoms with E-state index in [9.17, 15) is 0 Å². The summed E-state index contributed by atoms with van der Waals surface area (Å²) < 4.78 is 0. The van der Waals surface area contributed by atoms with Crippen LogP contribution in [0.4, 0.5) is 5.69 Å². The van der Waals surface area contributed by atoms with Crippen molar-refractivity contribution >= 4 is 16.7 Å². The van der Waals surface area contributed by atoms with Crippen LogP contribution in [0.5, 0.6) is 0 Å². The fraction of sp³-hybridized carbons (Fsp3) is 0.222. The van der Waals surface area contributed by atoms with Gasteiger partial charge in [0, 0.05) is 5.69 Å². The van der Waals surface area contributed by atoms with E-state index in [4.69, 9.17) is 0 Å². The van der Waals surface area contributed by atoms with E-state index >= 15 is 0 Å². The first-order chi connectivity index (χ1) is 10.4. The number of para-hydroxylation sites is 2. The van der Waals surface area contributed by atoms with Crippen LogP contribution in [0.25, 0.3) is 11.0 Å². The zero-order valence-corrected chi connectivity index (χ0v) is 11.8. The molecule has 3 heteroatoms. The predicted molar refractivity (Wildman–Crippen MR) is 85.3 cm³/mol. The fourth-order valence-electron chi connectivity index (χ4n) is 2.96. The summed E-state index contributed by atoms with van der Waals surface area (Å²) >= 11 is 0. The molecular weight excluding hydrogens is 258 g/mol. The number of anilines is 1. The van der Waals surface area contributed by atoms with Gasteiger partial charge in [-0.25, -0.2) is 4.98 Å².